The van der Waals surface area contributed by atoms with Gasteiger partial charge in [0.25, 0.3) is 0 Å². The van der Waals surface area contributed by atoms with Crippen LogP contribution < -0.4 is 5.73 Å². The van der Waals surface area contributed by atoms with Crippen molar-refractivity contribution in [1.82, 2.24) is 9.78 Å². The van der Waals surface area contributed by atoms with Crippen LogP contribution in [0.15, 0.2) is 0 Å². The van der Waals surface area contributed by atoms with Crippen LogP contribution in [0, 0.1) is 0 Å². The van der Waals surface area contributed by atoms with Gasteiger partial charge in [-0.05, 0) is 31.6 Å². The van der Waals surface area contributed by atoms with Crippen molar-refractivity contribution in [3.8, 4) is 0 Å². The first kappa shape index (κ1) is 9.56. The fraction of sp³-hybridized carbons (Fsp3) is 0.727. The Balaban J connectivity index is 2.57. The number of nitrogen functional groups attached to an aromatic ring is 1. The summed E-state index contributed by atoms with van der Waals surface area (Å²) in [5, 5.41) is 4.56. The molecule has 1 aromatic rings. The lowest BCUT2D eigenvalue weighted by Crippen LogP contribution is -2.24. The van der Waals surface area contributed by atoms with Crippen LogP contribution in [-0.2, 0) is 18.4 Å². The van der Waals surface area contributed by atoms with Crippen LogP contribution in [0.3, 0.4) is 0 Å². The van der Waals surface area contributed by atoms with Gasteiger partial charge in [-0.3, -0.25) is 0 Å². The van der Waals surface area contributed by atoms with E-state index < -0.39 is 0 Å². The maximum Gasteiger partial charge on any atom is 0.125 e. The number of aromatic nitrogens is 2. The Kier molecular flexibility index (Phi) is 2.05. The van der Waals surface area contributed by atoms with Crippen molar-refractivity contribution in [1.29, 1.82) is 0 Å². The number of hydrogen-bond donors (Lipinski definition) is 1. The van der Waals surface area contributed by atoms with Crippen molar-refractivity contribution in [3.63, 3.8) is 0 Å². The van der Waals surface area contributed by atoms with Gasteiger partial charge in [0, 0.05) is 12.1 Å². The van der Waals surface area contributed by atoms with Crippen molar-refractivity contribution in [2.24, 2.45) is 0 Å². The number of nitrogens with zero attached hydrogens (tertiary/aromatic N) is 2. The molecule has 0 amide bonds. The lowest BCUT2D eigenvalue weighted by molar-refractivity contribution is 0.432. The van der Waals surface area contributed by atoms with Crippen molar-refractivity contribution in [2.45, 2.75) is 52.0 Å². The lowest BCUT2D eigenvalue weighted by atomic mass is 9.75. The van der Waals surface area contributed by atoms with Gasteiger partial charge in [-0.2, -0.15) is 5.10 Å². The molecule has 0 aliphatic heterocycles. The third-order valence-electron chi connectivity index (χ3n) is 3.26. The number of nitrogens with two attached hydrogens (primary N) is 1. The standard InChI is InChI=1S/C11H19N3/c1-4-14-10(12)9-8(13-14)6-5-7-11(9,2)3/h4-7,12H2,1-3H3. The first-order valence-corrected chi connectivity index (χ1v) is 5.42. The van der Waals surface area contributed by atoms with Gasteiger partial charge in [-0.1, -0.05) is 13.8 Å². The van der Waals surface area contributed by atoms with Crippen LogP contribution in [0.2, 0.25) is 0 Å². The number of anilines is 1. The fourth-order valence-electron chi connectivity index (χ4n) is 2.50. The van der Waals surface area contributed by atoms with E-state index >= 15 is 0 Å². The summed E-state index contributed by atoms with van der Waals surface area (Å²) in [4.78, 5) is 0. The second kappa shape index (κ2) is 3.01. The van der Waals surface area contributed by atoms with Gasteiger partial charge in [0.15, 0.2) is 0 Å². The third kappa shape index (κ3) is 1.22. The fourth-order valence-corrected chi connectivity index (χ4v) is 2.50. The zero-order chi connectivity index (χ0) is 10.3. The Morgan fingerprint density at radius 3 is 2.79 bits per heavy atom. The molecule has 1 aliphatic rings. The summed E-state index contributed by atoms with van der Waals surface area (Å²) in [6.45, 7) is 7.49. The molecule has 0 radical (unpaired) electrons. The van der Waals surface area contributed by atoms with Crippen molar-refractivity contribution < 1.29 is 0 Å². The molecule has 3 heteroatoms. The van der Waals surface area contributed by atoms with Crippen LogP contribution in [0.5, 0.6) is 0 Å². The highest BCUT2D eigenvalue weighted by Crippen LogP contribution is 2.39. The number of rotatable bonds is 1. The Labute approximate surface area is 85.3 Å². The monoisotopic (exact) mass is 193 g/mol. The second-order valence-electron chi connectivity index (χ2n) is 4.76. The number of aryl methyl sites for hydroxylation is 2. The van der Waals surface area contributed by atoms with Crippen molar-refractivity contribution in [3.05, 3.63) is 11.3 Å². The first-order chi connectivity index (χ1) is 6.56. The highest BCUT2D eigenvalue weighted by Gasteiger charge is 2.32. The smallest absolute Gasteiger partial charge is 0.125 e. The molecule has 1 aliphatic carbocycles. The topological polar surface area (TPSA) is 43.8 Å². The van der Waals surface area contributed by atoms with Gasteiger partial charge < -0.3 is 5.73 Å². The van der Waals surface area contributed by atoms with E-state index in [9.17, 15) is 0 Å². The molecular weight excluding hydrogens is 174 g/mol. The Hall–Kier alpha value is -0.990. The predicted octanol–water partition coefficient (Wildman–Crippen LogP) is 2.10. The summed E-state index contributed by atoms with van der Waals surface area (Å²) in [6.07, 6.45) is 3.55. The second-order valence-corrected chi connectivity index (χ2v) is 4.76. The van der Waals surface area contributed by atoms with Gasteiger partial charge in [0.2, 0.25) is 0 Å². The average molecular weight is 193 g/mol. The maximum absolute atomic E-state index is 6.11. The normalized spacial score (nSPS) is 19.4. The molecule has 2 rings (SSSR count). The van der Waals surface area contributed by atoms with E-state index in [1.54, 1.807) is 0 Å². The molecular formula is C11H19N3. The zero-order valence-corrected chi connectivity index (χ0v) is 9.30. The van der Waals surface area contributed by atoms with E-state index in [1.807, 2.05) is 4.68 Å². The molecule has 78 valence electrons. The summed E-state index contributed by atoms with van der Waals surface area (Å²) in [5.41, 5.74) is 8.84. The Morgan fingerprint density at radius 1 is 1.50 bits per heavy atom. The predicted molar refractivity (Wildman–Crippen MR) is 58.3 cm³/mol. The van der Waals surface area contributed by atoms with Crippen molar-refractivity contribution in [2.75, 3.05) is 5.73 Å². The summed E-state index contributed by atoms with van der Waals surface area (Å²) in [7, 11) is 0. The van der Waals surface area contributed by atoms with Crippen LogP contribution in [0.4, 0.5) is 5.82 Å². The molecule has 0 bridgehead atoms. The van der Waals surface area contributed by atoms with E-state index in [2.05, 4.69) is 25.9 Å². The number of fused-ring (bicyclic) bond motifs is 1. The van der Waals surface area contributed by atoms with Gasteiger partial charge >= 0.3 is 0 Å². The highest BCUT2D eigenvalue weighted by atomic mass is 15.3. The molecule has 0 atom stereocenters. The van der Waals surface area contributed by atoms with Crippen LogP contribution >= 0.6 is 0 Å². The minimum atomic E-state index is 0.213. The molecule has 1 aromatic heterocycles. The molecule has 0 fully saturated rings. The van der Waals surface area contributed by atoms with E-state index in [4.69, 9.17) is 5.73 Å². The quantitative estimate of drug-likeness (QED) is 0.742. The van der Waals surface area contributed by atoms with Crippen LogP contribution in [0.1, 0.15) is 44.9 Å². The van der Waals surface area contributed by atoms with Crippen LogP contribution in [0.25, 0.3) is 0 Å². The molecule has 2 N–H and O–H groups in total. The molecule has 0 aromatic carbocycles. The molecule has 0 unspecified atom stereocenters. The van der Waals surface area contributed by atoms with Gasteiger partial charge in [-0.15, -0.1) is 0 Å². The molecule has 0 saturated heterocycles. The van der Waals surface area contributed by atoms with E-state index in [0.29, 0.717) is 0 Å². The van der Waals surface area contributed by atoms with E-state index in [1.165, 1.54) is 24.1 Å². The molecule has 14 heavy (non-hydrogen) atoms. The lowest BCUT2D eigenvalue weighted by Gasteiger charge is -2.29. The van der Waals surface area contributed by atoms with Gasteiger partial charge in [0.05, 0.1) is 5.69 Å². The Bertz CT molecular complexity index is 350. The zero-order valence-electron chi connectivity index (χ0n) is 9.30. The highest BCUT2D eigenvalue weighted by molar-refractivity contribution is 5.49. The molecule has 0 saturated carbocycles. The molecule has 1 heterocycles. The number of hydrogen-bond acceptors (Lipinski definition) is 2. The van der Waals surface area contributed by atoms with Crippen molar-refractivity contribution >= 4 is 5.82 Å². The summed E-state index contributed by atoms with van der Waals surface area (Å²) >= 11 is 0. The van der Waals surface area contributed by atoms with Gasteiger partial charge in [0.1, 0.15) is 5.82 Å². The third-order valence-corrected chi connectivity index (χ3v) is 3.26. The van der Waals surface area contributed by atoms with E-state index in [0.717, 1.165) is 18.8 Å². The Morgan fingerprint density at radius 2 is 2.21 bits per heavy atom. The minimum Gasteiger partial charge on any atom is -0.384 e. The summed E-state index contributed by atoms with van der Waals surface area (Å²) < 4.78 is 1.93. The first-order valence-electron chi connectivity index (χ1n) is 5.42. The van der Waals surface area contributed by atoms with E-state index in [-0.39, 0.29) is 5.41 Å². The van der Waals surface area contributed by atoms with Crippen LogP contribution in [-0.4, -0.2) is 9.78 Å². The largest absolute Gasteiger partial charge is 0.384 e. The summed E-state index contributed by atoms with van der Waals surface area (Å²) in [5.74, 6) is 0.882. The molecule has 3 nitrogen and oxygen atoms in total. The minimum absolute atomic E-state index is 0.213. The van der Waals surface area contributed by atoms with Gasteiger partial charge in [-0.25, -0.2) is 4.68 Å². The maximum atomic E-state index is 6.11. The SMILES string of the molecule is CCn1nc2c(c1N)C(C)(C)CCC2. The summed E-state index contributed by atoms with van der Waals surface area (Å²) in [6, 6.07) is 0. The average Bonchev–Trinajstić information content (AvgIpc) is 2.43. The molecule has 0 spiro atoms.